The van der Waals surface area contributed by atoms with E-state index in [1.165, 1.54) is 0 Å². The van der Waals surface area contributed by atoms with Crippen molar-refractivity contribution in [1.29, 1.82) is 0 Å². The predicted octanol–water partition coefficient (Wildman–Crippen LogP) is 4.98. The van der Waals surface area contributed by atoms with Gasteiger partial charge in [-0.25, -0.2) is 13.2 Å². The van der Waals surface area contributed by atoms with E-state index in [1.807, 2.05) is 30.3 Å². The number of nitrogens with zero attached hydrogens (tertiary/aromatic N) is 1. The SMILES string of the molecule is CC(C)C(NC(=O)C(Cc1ccc2ccccc2n1)NC(=O)C(CCCC(=O)OC(C)(C)C)NC(=O)OCc1ccccc1)C(=O)NC(C=CS(C)(=O)=O)CC(=O)OC(C)(C)C. The average molecular weight is 880 g/mol. The summed E-state index contributed by atoms with van der Waals surface area (Å²) in [5.41, 5.74) is 0.182. The number of amides is 4. The van der Waals surface area contributed by atoms with Crippen LogP contribution in [0.2, 0.25) is 0 Å². The normalized spacial score (nSPS) is 14.0. The summed E-state index contributed by atoms with van der Waals surface area (Å²) in [5, 5.41) is 12.4. The molecule has 0 radical (unpaired) electrons. The third kappa shape index (κ3) is 19.3. The van der Waals surface area contributed by atoms with E-state index >= 15 is 0 Å². The van der Waals surface area contributed by atoms with Crippen LogP contribution in [0.4, 0.5) is 4.79 Å². The van der Waals surface area contributed by atoms with E-state index in [9.17, 15) is 37.2 Å². The second kappa shape index (κ2) is 22.8. The van der Waals surface area contributed by atoms with Gasteiger partial charge in [0.1, 0.15) is 35.9 Å². The van der Waals surface area contributed by atoms with Gasteiger partial charge in [0.15, 0.2) is 9.84 Å². The minimum Gasteiger partial charge on any atom is -0.460 e. The zero-order valence-electron chi connectivity index (χ0n) is 37.0. The van der Waals surface area contributed by atoms with Gasteiger partial charge >= 0.3 is 18.0 Å². The molecule has 4 amide bonds. The van der Waals surface area contributed by atoms with Crippen molar-refractivity contribution in [1.82, 2.24) is 26.3 Å². The van der Waals surface area contributed by atoms with E-state index in [0.29, 0.717) is 16.8 Å². The Morgan fingerprint density at radius 1 is 0.726 bits per heavy atom. The van der Waals surface area contributed by atoms with Crippen molar-refractivity contribution < 1.29 is 51.4 Å². The van der Waals surface area contributed by atoms with Crippen molar-refractivity contribution in [3.05, 3.63) is 89.5 Å². The summed E-state index contributed by atoms with van der Waals surface area (Å²) in [6.07, 6.45) is 0.685. The third-order valence-corrected chi connectivity index (χ3v) is 9.41. The van der Waals surface area contributed by atoms with Crippen LogP contribution in [0.15, 0.2) is 78.2 Å². The molecule has 0 aliphatic carbocycles. The molecular formula is C45H61N5O11S. The molecule has 3 rings (SSSR count). The molecule has 0 saturated carbocycles. The maximum absolute atomic E-state index is 14.3. The number of ether oxygens (including phenoxy) is 3. The first-order valence-corrected chi connectivity index (χ1v) is 22.4. The predicted molar refractivity (Wildman–Crippen MR) is 234 cm³/mol. The number of alkyl carbamates (subject to hydrolysis) is 1. The van der Waals surface area contributed by atoms with Gasteiger partial charge in [-0.05, 0) is 78.0 Å². The molecule has 2 aromatic carbocycles. The summed E-state index contributed by atoms with van der Waals surface area (Å²) < 4.78 is 40.2. The van der Waals surface area contributed by atoms with Crippen LogP contribution in [-0.2, 0) is 61.0 Å². The molecule has 0 bridgehead atoms. The highest BCUT2D eigenvalue weighted by Gasteiger charge is 2.33. The fourth-order valence-electron chi connectivity index (χ4n) is 5.96. The van der Waals surface area contributed by atoms with Gasteiger partial charge in [0.05, 0.1) is 18.0 Å². The van der Waals surface area contributed by atoms with Crippen molar-refractivity contribution in [3.63, 3.8) is 0 Å². The van der Waals surface area contributed by atoms with Crippen molar-refractivity contribution in [2.24, 2.45) is 5.92 Å². The number of benzene rings is 2. The van der Waals surface area contributed by atoms with Crippen molar-refractivity contribution in [2.75, 3.05) is 6.26 Å². The molecule has 4 N–H and O–H groups in total. The van der Waals surface area contributed by atoms with Crippen molar-refractivity contribution in [3.8, 4) is 0 Å². The van der Waals surface area contributed by atoms with E-state index in [1.54, 1.807) is 91.8 Å². The maximum Gasteiger partial charge on any atom is 0.408 e. The minimum absolute atomic E-state index is 0.0366. The highest BCUT2D eigenvalue weighted by molar-refractivity contribution is 7.93. The summed E-state index contributed by atoms with van der Waals surface area (Å²) in [5.74, 6) is -4.04. The molecule has 3 aromatic rings. The number of aromatic nitrogens is 1. The Morgan fingerprint density at radius 2 is 1.34 bits per heavy atom. The van der Waals surface area contributed by atoms with Crippen molar-refractivity contribution >= 4 is 56.5 Å². The molecule has 17 heteroatoms. The zero-order valence-corrected chi connectivity index (χ0v) is 37.8. The summed E-state index contributed by atoms with van der Waals surface area (Å²) in [6, 6.07) is 14.8. The molecule has 0 fully saturated rings. The molecule has 0 spiro atoms. The molecule has 338 valence electrons. The largest absolute Gasteiger partial charge is 0.460 e. The Morgan fingerprint density at radius 3 is 1.97 bits per heavy atom. The van der Waals surface area contributed by atoms with E-state index in [4.69, 9.17) is 14.2 Å². The number of esters is 2. The quantitative estimate of drug-likeness (QED) is 0.0871. The molecule has 4 unspecified atom stereocenters. The van der Waals surface area contributed by atoms with Gasteiger partial charge in [0.2, 0.25) is 17.7 Å². The van der Waals surface area contributed by atoms with Gasteiger partial charge in [0.25, 0.3) is 0 Å². The fourth-order valence-corrected chi connectivity index (χ4v) is 6.44. The lowest BCUT2D eigenvalue weighted by molar-refractivity contribution is -0.156. The molecule has 16 nitrogen and oxygen atoms in total. The minimum atomic E-state index is -3.65. The molecule has 4 atom stereocenters. The summed E-state index contributed by atoms with van der Waals surface area (Å²) >= 11 is 0. The first kappa shape index (κ1) is 50.5. The number of hydrogen-bond donors (Lipinski definition) is 4. The average Bonchev–Trinajstić information content (AvgIpc) is 3.15. The molecular weight excluding hydrogens is 819 g/mol. The number of rotatable bonds is 20. The number of fused-ring (bicyclic) bond motifs is 1. The topological polar surface area (TPSA) is 225 Å². The molecule has 0 aliphatic heterocycles. The van der Waals surface area contributed by atoms with Crippen LogP contribution in [0, 0.1) is 5.92 Å². The van der Waals surface area contributed by atoms with E-state index in [2.05, 4.69) is 26.3 Å². The summed E-state index contributed by atoms with van der Waals surface area (Å²) in [6.45, 7) is 13.4. The number of carbonyl (C=O) groups is 6. The number of nitrogens with one attached hydrogen (secondary N) is 4. The lowest BCUT2D eigenvalue weighted by Gasteiger charge is -2.28. The van der Waals surface area contributed by atoms with Gasteiger partial charge in [0, 0.05) is 35.6 Å². The number of carbonyl (C=O) groups excluding carboxylic acids is 6. The fraction of sp³-hybridized carbons (Fsp3) is 0.489. The van der Waals surface area contributed by atoms with Crippen LogP contribution in [0.25, 0.3) is 10.9 Å². The van der Waals surface area contributed by atoms with Crippen LogP contribution < -0.4 is 21.3 Å². The van der Waals surface area contributed by atoms with Gasteiger partial charge in [-0.2, -0.15) is 0 Å². The highest BCUT2D eigenvalue weighted by atomic mass is 32.2. The molecule has 0 saturated heterocycles. The van der Waals surface area contributed by atoms with E-state index < -0.39 is 93.3 Å². The third-order valence-electron chi connectivity index (χ3n) is 8.76. The van der Waals surface area contributed by atoms with Crippen LogP contribution >= 0.6 is 0 Å². The van der Waals surface area contributed by atoms with Gasteiger partial charge in [-0.1, -0.05) is 74.5 Å². The highest BCUT2D eigenvalue weighted by Crippen LogP contribution is 2.16. The molecule has 1 aromatic heterocycles. The lowest BCUT2D eigenvalue weighted by atomic mass is 10.0. The Hall–Kier alpha value is -5.84. The zero-order chi connectivity index (χ0) is 46.3. The number of pyridine rings is 1. The monoisotopic (exact) mass is 879 g/mol. The van der Waals surface area contributed by atoms with Crippen LogP contribution in [0.3, 0.4) is 0 Å². The van der Waals surface area contributed by atoms with E-state index in [-0.39, 0.29) is 32.3 Å². The Kier molecular flexibility index (Phi) is 18.6. The standard InChI is InChI=1S/C45H61N5O11S/c1-29(2)39(42(55)47-33(24-25-62(9,57)58)27-38(52)61-45(6,7)8)50-41(54)36(26-32-23-22-31-18-13-14-19-34(31)46-32)48-40(53)35(20-15-21-37(51)60-44(3,4)5)49-43(56)59-28-30-16-11-10-12-17-30/h10-14,16-19,22-25,29,33,35-36,39H,15,20-21,26-28H2,1-9H3,(H,47,55)(H,48,53)(H,49,56)(H,50,54). The number of sulfone groups is 1. The summed E-state index contributed by atoms with van der Waals surface area (Å²) in [4.78, 5) is 85.4. The Bertz CT molecular complexity index is 2160. The first-order chi connectivity index (χ1) is 28.9. The number of hydrogen-bond acceptors (Lipinski definition) is 12. The molecule has 0 aliphatic rings. The maximum atomic E-state index is 14.3. The van der Waals surface area contributed by atoms with E-state index in [0.717, 1.165) is 23.1 Å². The van der Waals surface area contributed by atoms with Gasteiger partial charge < -0.3 is 35.5 Å². The second-order valence-corrected chi connectivity index (χ2v) is 19.2. The lowest BCUT2D eigenvalue weighted by Crippen LogP contribution is -2.59. The van der Waals surface area contributed by atoms with Crippen LogP contribution in [0.1, 0.15) is 92.3 Å². The van der Waals surface area contributed by atoms with Gasteiger partial charge in [-0.15, -0.1) is 0 Å². The Labute approximate surface area is 364 Å². The molecule has 1 heterocycles. The molecule has 62 heavy (non-hydrogen) atoms. The van der Waals surface area contributed by atoms with Crippen molar-refractivity contribution in [2.45, 2.75) is 129 Å². The second-order valence-electron chi connectivity index (χ2n) is 17.3. The number of para-hydroxylation sites is 1. The van der Waals surface area contributed by atoms with Gasteiger partial charge in [-0.3, -0.25) is 29.0 Å². The Balaban J connectivity index is 1.92. The smallest absolute Gasteiger partial charge is 0.408 e. The van der Waals surface area contributed by atoms with Crippen LogP contribution in [0.5, 0.6) is 0 Å². The van der Waals surface area contributed by atoms with Crippen LogP contribution in [-0.4, -0.2) is 90.8 Å². The first-order valence-electron chi connectivity index (χ1n) is 20.4. The summed E-state index contributed by atoms with van der Waals surface area (Å²) in [7, 11) is -3.65.